The molecular formula is C9H14O4S. The maximum absolute atomic E-state index is 10.5. The molecule has 14 heavy (non-hydrogen) atoms. The van der Waals surface area contributed by atoms with Gasteiger partial charge in [-0.05, 0) is 19.1 Å². The zero-order valence-electron chi connectivity index (χ0n) is 8.39. The predicted octanol–water partition coefficient (Wildman–Crippen LogP) is 1.50. The van der Waals surface area contributed by atoms with Gasteiger partial charge in [0.1, 0.15) is 0 Å². The second kappa shape index (κ2) is 5.74. The maximum atomic E-state index is 10.5. The van der Waals surface area contributed by atoms with Gasteiger partial charge in [-0.15, -0.1) is 0 Å². The lowest BCUT2D eigenvalue weighted by atomic mass is 10.2. The van der Waals surface area contributed by atoms with Crippen molar-refractivity contribution in [2.45, 2.75) is 11.8 Å². The monoisotopic (exact) mass is 218 g/mol. The Kier molecular flexibility index (Phi) is 5.37. The van der Waals surface area contributed by atoms with E-state index < -0.39 is 10.1 Å². The first kappa shape index (κ1) is 13.1. The standard InChI is InChI=1S/C7H8O3S.C2H6O/c1-6-2-4-7(5-3-6)11(8,9)10;1-3-2/h2-5H,1H3,(H,8,9,10);1-2H3. The van der Waals surface area contributed by atoms with E-state index in [1.165, 1.54) is 12.1 Å². The Morgan fingerprint density at radius 3 is 1.79 bits per heavy atom. The van der Waals surface area contributed by atoms with Crippen LogP contribution in [0.1, 0.15) is 5.56 Å². The van der Waals surface area contributed by atoms with Crippen LogP contribution in [-0.2, 0) is 14.9 Å². The predicted molar refractivity (Wildman–Crippen MR) is 53.9 cm³/mol. The highest BCUT2D eigenvalue weighted by atomic mass is 32.2. The van der Waals surface area contributed by atoms with Crippen molar-refractivity contribution in [1.82, 2.24) is 0 Å². The van der Waals surface area contributed by atoms with E-state index in [0.29, 0.717) is 0 Å². The van der Waals surface area contributed by atoms with Gasteiger partial charge in [-0.3, -0.25) is 4.55 Å². The van der Waals surface area contributed by atoms with E-state index >= 15 is 0 Å². The van der Waals surface area contributed by atoms with Gasteiger partial charge in [0.15, 0.2) is 0 Å². The average molecular weight is 218 g/mol. The number of aryl methyl sites for hydroxylation is 1. The van der Waals surface area contributed by atoms with Gasteiger partial charge in [0, 0.05) is 14.2 Å². The summed E-state index contributed by atoms with van der Waals surface area (Å²) in [5.41, 5.74) is 0.956. The molecule has 0 aliphatic heterocycles. The van der Waals surface area contributed by atoms with E-state index in [4.69, 9.17) is 4.55 Å². The molecule has 0 bridgehead atoms. The van der Waals surface area contributed by atoms with Crippen molar-refractivity contribution in [2.24, 2.45) is 0 Å². The molecule has 0 spiro atoms. The second-order valence-corrected chi connectivity index (χ2v) is 4.12. The zero-order chi connectivity index (χ0) is 11.2. The summed E-state index contributed by atoms with van der Waals surface area (Å²) in [6, 6.07) is 5.99. The summed E-state index contributed by atoms with van der Waals surface area (Å²) in [4.78, 5) is -0.0666. The van der Waals surface area contributed by atoms with Crippen LogP contribution in [0.5, 0.6) is 0 Å². The topological polar surface area (TPSA) is 63.6 Å². The normalized spacial score (nSPS) is 10.3. The van der Waals surface area contributed by atoms with Gasteiger partial charge in [-0.2, -0.15) is 8.42 Å². The molecule has 4 nitrogen and oxygen atoms in total. The Bertz CT molecular complexity index is 353. The van der Waals surface area contributed by atoms with E-state index in [9.17, 15) is 8.42 Å². The smallest absolute Gasteiger partial charge is 0.294 e. The molecule has 0 atom stereocenters. The van der Waals surface area contributed by atoms with Crippen LogP contribution < -0.4 is 0 Å². The summed E-state index contributed by atoms with van der Waals surface area (Å²) >= 11 is 0. The second-order valence-electron chi connectivity index (χ2n) is 2.70. The van der Waals surface area contributed by atoms with E-state index in [-0.39, 0.29) is 4.90 Å². The van der Waals surface area contributed by atoms with E-state index in [1.54, 1.807) is 26.4 Å². The quantitative estimate of drug-likeness (QED) is 0.726. The summed E-state index contributed by atoms with van der Waals surface area (Å²) in [7, 11) is -0.770. The number of hydrogen-bond donors (Lipinski definition) is 1. The first-order valence-electron chi connectivity index (χ1n) is 3.86. The number of ether oxygens (including phenoxy) is 1. The molecule has 0 saturated carbocycles. The van der Waals surface area contributed by atoms with Crippen molar-refractivity contribution < 1.29 is 17.7 Å². The third kappa shape index (κ3) is 4.96. The number of rotatable bonds is 1. The van der Waals surface area contributed by atoms with Crippen molar-refractivity contribution in [3.63, 3.8) is 0 Å². The molecule has 0 amide bonds. The minimum Gasteiger partial charge on any atom is -0.388 e. The zero-order valence-corrected chi connectivity index (χ0v) is 9.21. The van der Waals surface area contributed by atoms with Crippen LogP contribution >= 0.6 is 0 Å². The minimum atomic E-state index is -4.02. The molecule has 1 N–H and O–H groups in total. The van der Waals surface area contributed by atoms with Gasteiger partial charge in [-0.1, -0.05) is 17.7 Å². The Morgan fingerprint density at radius 1 is 1.14 bits per heavy atom. The van der Waals surface area contributed by atoms with Gasteiger partial charge in [0.05, 0.1) is 4.90 Å². The highest BCUT2D eigenvalue weighted by molar-refractivity contribution is 7.85. The Morgan fingerprint density at radius 2 is 1.50 bits per heavy atom. The van der Waals surface area contributed by atoms with E-state index in [2.05, 4.69) is 4.74 Å². The molecule has 0 radical (unpaired) electrons. The first-order chi connectivity index (χ1) is 6.41. The molecule has 0 heterocycles. The van der Waals surface area contributed by atoms with Crippen molar-refractivity contribution in [1.29, 1.82) is 0 Å². The van der Waals surface area contributed by atoms with Crippen LogP contribution in [0.15, 0.2) is 29.2 Å². The Hall–Kier alpha value is -0.910. The summed E-state index contributed by atoms with van der Waals surface area (Å²) < 4.78 is 33.8. The highest BCUT2D eigenvalue weighted by Crippen LogP contribution is 2.08. The van der Waals surface area contributed by atoms with Crippen LogP contribution in [0.3, 0.4) is 0 Å². The number of methoxy groups -OCH3 is 1. The lowest BCUT2D eigenvalue weighted by Crippen LogP contribution is -1.96. The molecule has 1 rings (SSSR count). The highest BCUT2D eigenvalue weighted by Gasteiger charge is 2.06. The SMILES string of the molecule is COC.Cc1ccc(S(=O)(=O)O)cc1. The fraction of sp³-hybridized carbons (Fsp3) is 0.333. The molecule has 5 heteroatoms. The molecule has 0 unspecified atom stereocenters. The summed E-state index contributed by atoms with van der Waals surface area (Å²) in [5.74, 6) is 0. The maximum Gasteiger partial charge on any atom is 0.294 e. The number of benzene rings is 1. The fourth-order valence-electron chi connectivity index (χ4n) is 0.710. The van der Waals surface area contributed by atoms with E-state index in [1.807, 2.05) is 6.92 Å². The summed E-state index contributed by atoms with van der Waals surface area (Å²) in [5, 5.41) is 0. The van der Waals surface area contributed by atoms with Gasteiger partial charge < -0.3 is 4.74 Å². The summed E-state index contributed by atoms with van der Waals surface area (Å²) in [6.07, 6.45) is 0. The van der Waals surface area contributed by atoms with Crippen molar-refractivity contribution in [3.05, 3.63) is 29.8 Å². The molecule has 1 aromatic rings. The van der Waals surface area contributed by atoms with Crippen LogP contribution in [-0.4, -0.2) is 27.2 Å². The van der Waals surface area contributed by atoms with E-state index in [0.717, 1.165) is 5.56 Å². The Labute approximate surface area is 84.3 Å². The minimum absolute atomic E-state index is 0.0666. The lowest BCUT2D eigenvalue weighted by Gasteiger charge is -1.95. The molecule has 0 aromatic heterocycles. The molecule has 0 aliphatic rings. The Balaban J connectivity index is 0.000000500. The van der Waals surface area contributed by atoms with Gasteiger partial charge >= 0.3 is 0 Å². The molecule has 0 saturated heterocycles. The van der Waals surface area contributed by atoms with Gasteiger partial charge in [0.25, 0.3) is 10.1 Å². The molecule has 0 fully saturated rings. The summed E-state index contributed by atoms with van der Waals surface area (Å²) in [6.45, 7) is 1.84. The van der Waals surface area contributed by atoms with Crippen molar-refractivity contribution >= 4 is 10.1 Å². The molecule has 0 aliphatic carbocycles. The van der Waals surface area contributed by atoms with Crippen molar-refractivity contribution in [3.8, 4) is 0 Å². The van der Waals surface area contributed by atoms with Crippen molar-refractivity contribution in [2.75, 3.05) is 14.2 Å². The average Bonchev–Trinajstić information content (AvgIpc) is 2.04. The lowest BCUT2D eigenvalue weighted by molar-refractivity contribution is 0.277. The molecule has 80 valence electrons. The van der Waals surface area contributed by atoms with Gasteiger partial charge in [-0.25, -0.2) is 0 Å². The number of hydrogen-bond acceptors (Lipinski definition) is 3. The molecule has 1 aromatic carbocycles. The third-order valence-corrected chi connectivity index (χ3v) is 2.19. The van der Waals surface area contributed by atoms with Crippen LogP contribution in [0.2, 0.25) is 0 Å². The first-order valence-corrected chi connectivity index (χ1v) is 5.30. The van der Waals surface area contributed by atoms with Crippen LogP contribution in [0.4, 0.5) is 0 Å². The largest absolute Gasteiger partial charge is 0.388 e. The van der Waals surface area contributed by atoms with Crippen LogP contribution in [0, 0.1) is 6.92 Å². The van der Waals surface area contributed by atoms with Gasteiger partial charge in [0.2, 0.25) is 0 Å². The van der Waals surface area contributed by atoms with Crippen LogP contribution in [0.25, 0.3) is 0 Å². The third-order valence-electron chi connectivity index (χ3n) is 1.32. The fourth-order valence-corrected chi connectivity index (χ4v) is 1.19. The molecular weight excluding hydrogens is 204 g/mol.